The molecule has 0 atom stereocenters. The van der Waals surface area contributed by atoms with Crippen molar-refractivity contribution in [1.82, 2.24) is 14.9 Å². The first kappa shape index (κ1) is 11.8. The fourth-order valence-corrected chi connectivity index (χ4v) is 1.99. The van der Waals surface area contributed by atoms with E-state index in [1.165, 1.54) is 6.20 Å². The molecule has 2 rings (SSSR count). The maximum atomic E-state index is 12.0. The molecule has 1 aromatic heterocycles. The molecule has 0 aromatic carbocycles. The second-order valence-electron chi connectivity index (χ2n) is 4.27. The van der Waals surface area contributed by atoms with Gasteiger partial charge in [0.2, 0.25) is 0 Å². The number of piperidine rings is 1. The Labute approximate surface area is 98.8 Å². The molecule has 1 aromatic rings. The summed E-state index contributed by atoms with van der Waals surface area (Å²) in [5.41, 5.74) is 5.58. The van der Waals surface area contributed by atoms with E-state index in [-0.39, 0.29) is 17.2 Å². The maximum absolute atomic E-state index is 12.0. The Kier molecular flexibility index (Phi) is 3.53. The minimum absolute atomic E-state index is 0.128. The van der Waals surface area contributed by atoms with Crippen molar-refractivity contribution in [3.05, 3.63) is 28.4 Å². The quantitative estimate of drug-likeness (QED) is 0.729. The van der Waals surface area contributed by atoms with Crippen molar-refractivity contribution >= 4 is 5.91 Å². The van der Waals surface area contributed by atoms with E-state index in [1.54, 1.807) is 4.90 Å². The molecular formula is C11H16N4O2. The van der Waals surface area contributed by atoms with Crippen LogP contribution in [-0.2, 0) is 0 Å². The van der Waals surface area contributed by atoms with Crippen molar-refractivity contribution in [3.63, 3.8) is 0 Å². The summed E-state index contributed by atoms with van der Waals surface area (Å²) in [6.45, 7) is 2.10. The van der Waals surface area contributed by atoms with Gasteiger partial charge in [0.05, 0.1) is 6.20 Å². The maximum Gasteiger partial charge on any atom is 0.273 e. The van der Waals surface area contributed by atoms with Gasteiger partial charge in [0.1, 0.15) is 5.69 Å². The Hall–Kier alpha value is -1.69. The van der Waals surface area contributed by atoms with Crippen LogP contribution in [0.5, 0.6) is 0 Å². The van der Waals surface area contributed by atoms with Crippen molar-refractivity contribution < 1.29 is 4.79 Å². The summed E-state index contributed by atoms with van der Waals surface area (Å²) in [6, 6.07) is 0. The van der Waals surface area contributed by atoms with Crippen LogP contribution in [0.25, 0.3) is 0 Å². The van der Waals surface area contributed by atoms with Gasteiger partial charge >= 0.3 is 0 Å². The number of nitrogens with zero attached hydrogens (tertiary/aromatic N) is 2. The Morgan fingerprint density at radius 1 is 1.53 bits per heavy atom. The van der Waals surface area contributed by atoms with E-state index in [9.17, 15) is 9.59 Å². The third-order valence-corrected chi connectivity index (χ3v) is 3.13. The Balaban J connectivity index is 2.01. The number of amides is 1. The highest BCUT2D eigenvalue weighted by Gasteiger charge is 2.23. The normalized spacial score (nSPS) is 17.1. The summed E-state index contributed by atoms with van der Waals surface area (Å²) in [7, 11) is 0. The lowest BCUT2D eigenvalue weighted by Gasteiger charge is -2.31. The van der Waals surface area contributed by atoms with E-state index >= 15 is 0 Å². The van der Waals surface area contributed by atoms with Crippen LogP contribution in [0.1, 0.15) is 23.3 Å². The summed E-state index contributed by atoms with van der Waals surface area (Å²) in [4.78, 5) is 30.9. The highest BCUT2D eigenvalue weighted by molar-refractivity contribution is 5.91. The first-order valence-corrected chi connectivity index (χ1v) is 5.75. The molecule has 92 valence electrons. The van der Waals surface area contributed by atoms with Crippen LogP contribution in [0.3, 0.4) is 0 Å². The Bertz CT molecular complexity index is 429. The van der Waals surface area contributed by atoms with Crippen LogP contribution in [0.15, 0.2) is 17.2 Å². The molecule has 2 heterocycles. The third kappa shape index (κ3) is 2.71. The first-order chi connectivity index (χ1) is 8.20. The zero-order valence-corrected chi connectivity index (χ0v) is 9.56. The number of likely N-dealkylation sites (tertiary alicyclic amines) is 1. The van der Waals surface area contributed by atoms with Crippen LogP contribution in [0.4, 0.5) is 0 Å². The van der Waals surface area contributed by atoms with Crippen LogP contribution < -0.4 is 11.3 Å². The first-order valence-electron chi connectivity index (χ1n) is 5.75. The van der Waals surface area contributed by atoms with E-state index in [4.69, 9.17) is 5.73 Å². The number of hydrogen-bond donors (Lipinski definition) is 2. The predicted molar refractivity (Wildman–Crippen MR) is 62.5 cm³/mol. The number of hydrogen-bond acceptors (Lipinski definition) is 4. The van der Waals surface area contributed by atoms with Gasteiger partial charge < -0.3 is 15.6 Å². The zero-order valence-electron chi connectivity index (χ0n) is 9.56. The predicted octanol–water partition coefficient (Wildman–Crippen LogP) is -0.419. The number of nitrogens with two attached hydrogens (primary N) is 1. The molecule has 1 saturated heterocycles. The van der Waals surface area contributed by atoms with Gasteiger partial charge in [-0.1, -0.05) is 0 Å². The monoisotopic (exact) mass is 236 g/mol. The van der Waals surface area contributed by atoms with Gasteiger partial charge in [-0.2, -0.15) is 0 Å². The van der Waals surface area contributed by atoms with E-state index < -0.39 is 0 Å². The Morgan fingerprint density at radius 3 is 2.76 bits per heavy atom. The molecule has 17 heavy (non-hydrogen) atoms. The number of rotatable bonds is 2. The Morgan fingerprint density at radius 2 is 2.24 bits per heavy atom. The molecule has 6 heteroatoms. The highest BCUT2D eigenvalue weighted by atomic mass is 16.2. The molecule has 1 aliphatic heterocycles. The number of aromatic amines is 1. The number of carbonyl (C=O) groups excluding carboxylic acids is 1. The fourth-order valence-electron chi connectivity index (χ4n) is 1.99. The second kappa shape index (κ2) is 5.09. The van der Waals surface area contributed by atoms with E-state index in [2.05, 4.69) is 9.97 Å². The summed E-state index contributed by atoms with van der Waals surface area (Å²) >= 11 is 0. The molecule has 3 N–H and O–H groups in total. The fraction of sp³-hybridized carbons (Fsp3) is 0.545. The molecule has 1 amide bonds. The van der Waals surface area contributed by atoms with Crippen molar-refractivity contribution in [2.75, 3.05) is 19.6 Å². The smallest absolute Gasteiger partial charge is 0.273 e. The summed E-state index contributed by atoms with van der Waals surface area (Å²) in [6.07, 6.45) is 4.36. The molecule has 1 aliphatic rings. The number of nitrogens with one attached hydrogen (secondary N) is 1. The molecule has 6 nitrogen and oxygen atoms in total. The van der Waals surface area contributed by atoms with Gasteiger partial charge in [-0.3, -0.25) is 9.59 Å². The van der Waals surface area contributed by atoms with Gasteiger partial charge in [0.15, 0.2) is 0 Å². The molecule has 0 radical (unpaired) electrons. The lowest BCUT2D eigenvalue weighted by molar-refractivity contribution is 0.0687. The van der Waals surface area contributed by atoms with Gasteiger partial charge in [-0.15, -0.1) is 0 Å². The molecule has 0 aliphatic carbocycles. The van der Waals surface area contributed by atoms with E-state index in [0.717, 1.165) is 19.0 Å². The molecular weight excluding hydrogens is 220 g/mol. The third-order valence-electron chi connectivity index (χ3n) is 3.13. The number of H-pyrrole nitrogens is 1. The zero-order chi connectivity index (χ0) is 12.3. The van der Waals surface area contributed by atoms with E-state index in [0.29, 0.717) is 25.6 Å². The van der Waals surface area contributed by atoms with Gasteiger partial charge in [-0.05, 0) is 25.3 Å². The van der Waals surface area contributed by atoms with Gasteiger partial charge in [0, 0.05) is 19.3 Å². The second-order valence-corrected chi connectivity index (χ2v) is 4.27. The van der Waals surface area contributed by atoms with Crippen LogP contribution in [-0.4, -0.2) is 40.4 Å². The van der Waals surface area contributed by atoms with Crippen LogP contribution in [0.2, 0.25) is 0 Å². The summed E-state index contributed by atoms with van der Waals surface area (Å²) in [5.74, 6) is 0.388. The van der Waals surface area contributed by atoms with Gasteiger partial charge in [0.25, 0.3) is 11.5 Å². The average molecular weight is 236 g/mol. The minimum atomic E-state index is -0.302. The SMILES string of the molecule is NCC1CCN(C(=O)c2c[nH]c(=O)cn2)CC1. The summed E-state index contributed by atoms with van der Waals surface area (Å²) in [5, 5.41) is 0. The minimum Gasteiger partial charge on any atom is -0.337 e. The number of carbonyl (C=O) groups is 1. The molecule has 1 fully saturated rings. The standard InChI is InChI=1S/C11H16N4O2/c12-5-8-1-3-15(4-2-8)11(17)9-6-14-10(16)7-13-9/h6-8H,1-5,12H2,(H,14,16). The number of aromatic nitrogens is 2. The van der Waals surface area contributed by atoms with Crippen molar-refractivity contribution in [3.8, 4) is 0 Å². The van der Waals surface area contributed by atoms with Gasteiger partial charge in [-0.25, -0.2) is 4.98 Å². The van der Waals surface area contributed by atoms with Crippen molar-refractivity contribution in [1.29, 1.82) is 0 Å². The van der Waals surface area contributed by atoms with Crippen LogP contribution >= 0.6 is 0 Å². The lowest BCUT2D eigenvalue weighted by atomic mass is 9.97. The molecule has 0 bridgehead atoms. The van der Waals surface area contributed by atoms with Crippen LogP contribution in [0, 0.1) is 5.92 Å². The average Bonchev–Trinajstić information content (AvgIpc) is 2.39. The molecule has 0 spiro atoms. The molecule has 0 unspecified atom stereocenters. The highest BCUT2D eigenvalue weighted by Crippen LogP contribution is 2.16. The summed E-state index contributed by atoms with van der Waals surface area (Å²) < 4.78 is 0. The van der Waals surface area contributed by atoms with Crippen molar-refractivity contribution in [2.45, 2.75) is 12.8 Å². The lowest BCUT2D eigenvalue weighted by Crippen LogP contribution is -2.40. The van der Waals surface area contributed by atoms with Crippen molar-refractivity contribution in [2.24, 2.45) is 11.7 Å². The molecule has 0 saturated carbocycles. The van der Waals surface area contributed by atoms with E-state index in [1.807, 2.05) is 0 Å². The topological polar surface area (TPSA) is 92.1 Å². The largest absolute Gasteiger partial charge is 0.337 e.